The topological polar surface area (TPSA) is 55.6 Å². The van der Waals surface area contributed by atoms with Crippen LogP contribution in [0.3, 0.4) is 0 Å². The molecule has 0 spiro atoms. The average Bonchev–Trinajstić information content (AvgIpc) is 2.73. The van der Waals surface area contributed by atoms with Crippen molar-refractivity contribution in [3.05, 3.63) is 33.5 Å². The fourth-order valence-corrected chi connectivity index (χ4v) is 2.17. The van der Waals surface area contributed by atoms with Crippen LogP contribution in [0.2, 0.25) is 0 Å². The lowest BCUT2D eigenvalue weighted by Gasteiger charge is -2.13. The smallest absolute Gasteiger partial charge is 0.261 e. The van der Waals surface area contributed by atoms with Crippen molar-refractivity contribution >= 4 is 12.2 Å². The second-order valence-electron chi connectivity index (χ2n) is 4.32. The number of pyridine rings is 1. The summed E-state index contributed by atoms with van der Waals surface area (Å²) in [6.07, 6.45) is 2.65. The maximum Gasteiger partial charge on any atom is 0.261 e. The molecular formula is C12H16N4OS. The highest BCUT2D eigenvalue weighted by atomic mass is 32.1. The largest absolute Gasteiger partial charge is 0.318 e. The number of aryl methyl sites for hydroxylation is 1. The molecule has 2 rings (SSSR count). The predicted molar refractivity (Wildman–Crippen MR) is 73.1 cm³/mol. The summed E-state index contributed by atoms with van der Waals surface area (Å²) in [6.45, 7) is 4.13. The number of nitrogens with zero attached hydrogens (tertiary/aromatic N) is 3. The van der Waals surface area contributed by atoms with Gasteiger partial charge in [0.25, 0.3) is 5.56 Å². The second-order valence-corrected chi connectivity index (χ2v) is 4.70. The number of aromatic nitrogens is 4. The van der Waals surface area contributed by atoms with Gasteiger partial charge in [0.05, 0.1) is 5.56 Å². The number of rotatable bonds is 3. The summed E-state index contributed by atoms with van der Waals surface area (Å²) >= 11 is 5.23. The molecule has 0 aliphatic heterocycles. The van der Waals surface area contributed by atoms with E-state index in [0.717, 1.165) is 6.42 Å². The molecule has 6 heteroatoms. The highest BCUT2D eigenvalue weighted by Crippen LogP contribution is 2.19. The maximum absolute atomic E-state index is 12.1. The maximum atomic E-state index is 12.1. The van der Waals surface area contributed by atoms with Gasteiger partial charge in [-0.3, -0.25) is 14.5 Å². The van der Waals surface area contributed by atoms with Crippen LogP contribution < -0.4 is 5.56 Å². The number of hydrogen-bond donors (Lipinski definition) is 1. The highest BCUT2D eigenvalue weighted by Gasteiger charge is 2.15. The van der Waals surface area contributed by atoms with Crippen LogP contribution in [0.5, 0.6) is 0 Å². The van der Waals surface area contributed by atoms with Gasteiger partial charge in [-0.05, 0) is 37.7 Å². The molecule has 1 atom stereocenters. The van der Waals surface area contributed by atoms with E-state index in [9.17, 15) is 4.79 Å². The van der Waals surface area contributed by atoms with Crippen molar-refractivity contribution in [2.75, 3.05) is 0 Å². The van der Waals surface area contributed by atoms with Crippen LogP contribution in [-0.2, 0) is 7.05 Å². The first-order valence-corrected chi connectivity index (χ1v) is 6.30. The summed E-state index contributed by atoms with van der Waals surface area (Å²) in [4.78, 5) is 12.1. The van der Waals surface area contributed by atoms with E-state index in [2.05, 4.69) is 24.0 Å². The molecule has 0 bridgehead atoms. The van der Waals surface area contributed by atoms with Gasteiger partial charge in [0.1, 0.15) is 0 Å². The fourth-order valence-electron chi connectivity index (χ4n) is 1.85. The lowest BCUT2D eigenvalue weighted by Crippen LogP contribution is -2.19. The van der Waals surface area contributed by atoms with Crippen molar-refractivity contribution in [1.82, 2.24) is 19.3 Å². The van der Waals surface area contributed by atoms with Gasteiger partial charge in [-0.15, -0.1) is 0 Å². The molecule has 96 valence electrons. The highest BCUT2D eigenvalue weighted by molar-refractivity contribution is 7.71. The number of nitrogens with one attached hydrogen (secondary N) is 1. The van der Waals surface area contributed by atoms with E-state index < -0.39 is 0 Å². The zero-order valence-corrected chi connectivity index (χ0v) is 11.5. The van der Waals surface area contributed by atoms with Gasteiger partial charge >= 0.3 is 0 Å². The van der Waals surface area contributed by atoms with Gasteiger partial charge in [0, 0.05) is 19.3 Å². The Kier molecular flexibility index (Phi) is 3.47. The summed E-state index contributed by atoms with van der Waals surface area (Å²) in [5, 5.41) is 6.95. The lowest BCUT2D eigenvalue weighted by atomic mass is 10.2. The molecule has 0 saturated carbocycles. The Balaban J connectivity index is 2.69. The molecule has 2 aromatic heterocycles. The van der Waals surface area contributed by atoms with Crippen molar-refractivity contribution < 1.29 is 0 Å². The van der Waals surface area contributed by atoms with Crippen LogP contribution in [0.15, 0.2) is 23.1 Å². The van der Waals surface area contributed by atoms with Gasteiger partial charge in [-0.2, -0.15) is 5.10 Å². The summed E-state index contributed by atoms with van der Waals surface area (Å²) in [5.74, 6) is 0.607. The van der Waals surface area contributed by atoms with Crippen LogP contribution in [0.4, 0.5) is 0 Å². The zero-order valence-electron chi connectivity index (χ0n) is 10.7. The normalized spacial score (nSPS) is 12.6. The molecule has 0 radical (unpaired) electrons. The zero-order chi connectivity index (χ0) is 13.3. The van der Waals surface area contributed by atoms with Gasteiger partial charge in [-0.1, -0.05) is 6.92 Å². The van der Waals surface area contributed by atoms with E-state index in [4.69, 9.17) is 12.2 Å². The Morgan fingerprint density at radius 3 is 2.94 bits per heavy atom. The third kappa shape index (κ3) is 2.03. The molecule has 0 aliphatic rings. The fraction of sp³-hybridized carbons (Fsp3) is 0.417. The predicted octanol–water partition coefficient (Wildman–Crippen LogP) is 2.28. The Morgan fingerprint density at radius 2 is 2.28 bits per heavy atom. The van der Waals surface area contributed by atoms with Gasteiger partial charge in [0.15, 0.2) is 10.6 Å². The molecule has 18 heavy (non-hydrogen) atoms. The molecule has 2 heterocycles. The molecule has 0 aliphatic carbocycles. The molecule has 2 aromatic rings. The van der Waals surface area contributed by atoms with Crippen molar-refractivity contribution in [3.8, 4) is 11.4 Å². The monoisotopic (exact) mass is 264 g/mol. The summed E-state index contributed by atoms with van der Waals surface area (Å²) in [6, 6.07) is 3.80. The SMILES string of the molecule is CCC(C)n1c(-c2cccn(C)c2=O)n[nH]c1=S. The minimum absolute atomic E-state index is 0.0731. The molecule has 1 N–H and O–H groups in total. The quantitative estimate of drug-likeness (QED) is 0.865. The van der Waals surface area contributed by atoms with Crippen molar-refractivity contribution in [3.63, 3.8) is 0 Å². The van der Waals surface area contributed by atoms with Crippen LogP contribution in [-0.4, -0.2) is 19.3 Å². The molecule has 1 unspecified atom stereocenters. The summed E-state index contributed by atoms with van der Waals surface area (Å²) < 4.78 is 3.98. The number of H-pyrrole nitrogens is 1. The van der Waals surface area contributed by atoms with Crippen LogP contribution in [0.1, 0.15) is 26.3 Å². The van der Waals surface area contributed by atoms with E-state index in [1.807, 2.05) is 10.6 Å². The Hall–Kier alpha value is -1.69. The van der Waals surface area contributed by atoms with E-state index >= 15 is 0 Å². The number of aromatic amines is 1. The Morgan fingerprint density at radius 1 is 1.56 bits per heavy atom. The third-order valence-electron chi connectivity index (χ3n) is 3.10. The van der Waals surface area contributed by atoms with Gasteiger partial charge in [0.2, 0.25) is 0 Å². The van der Waals surface area contributed by atoms with Crippen LogP contribution >= 0.6 is 12.2 Å². The molecule has 0 saturated heterocycles. The van der Waals surface area contributed by atoms with Crippen molar-refractivity contribution in [2.45, 2.75) is 26.3 Å². The van der Waals surface area contributed by atoms with E-state index in [0.29, 0.717) is 16.2 Å². The first-order valence-electron chi connectivity index (χ1n) is 5.89. The summed E-state index contributed by atoms with van der Waals surface area (Å²) in [7, 11) is 1.72. The van der Waals surface area contributed by atoms with Crippen molar-refractivity contribution in [1.29, 1.82) is 0 Å². The first-order chi connectivity index (χ1) is 8.56. The van der Waals surface area contributed by atoms with E-state index in [-0.39, 0.29) is 11.6 Å². The van der Waals surface area contributed by atoms with Gasteiger partial charge < -0.3 is 4.57 Å². The molecule has 0 fully saturated rings. The van der Waals surface area contributed by atoms with Crippen LogP contribution in [0, 0.1) is 4.77 Å². The average molecular weight is 264 g/mol. The molecule has 5 nitrogen and oxygen atoms in total. The van der Waals surface area contributed by atoms with E-state index in [1.54, 1.807) is 19.3 Å². The number of hydrogen-bond acceptors (Lipinski definition) is 3. The Bertz CT molecular complexity index is 667. The second kappa shape index (κ2) is 4.89. The minimum Gasteiger partial charge on any atom is -0.318 e. The molecule has 0 amide bonds. The molecule has 0 aromatic carbocycles. The third-order valence-corrected chi connectivity index (χ3v) is 3.39. The van der Waals surface area contributed by atoms with Gasteiger partial charge in [-0.25, -0.2) is 0 Å². The molecular weight excluding hydrogens is 248 g/mol. The first kappa shape index (κ1) is 12.8. The minimum atomic E-state index is -0.0731. The lowest BCUT2D eigenvalue weighted by molar-refractivity contribution is 0.528. The summed E-state index contributed by atoms with van der Waals surface area (Å²) in [5.41, 5.74) is 0.490. The van der Waals surface area contributed by atoms with Crippen LogP contribution in [0.25, 0.3) is 11.4 Å². The standard InChI is InChI=1S/C12H16N4OS/c1-4-8(2)16-10(13-14-12(16)18)9-6-5-7-15(3)11(9)17/h5-8H,4H2,1-3H3,(H,14,18). The Labute approximate surface area is 110 Å². The van der Waals surface area contributed by atoms with Crippen molar-refractivity contribution in [2.24, 2.45) is 7.05 Å². The van der Waals surface area contributed by atoms with E-state index in [1.165, 1.54) is 4.57 Å².